The molecule has 0 saturated carbocycles. The van der Waals surface area contributed by atoms with E-state index in [-0.39, 0.29) is 34.9 Å². The highest BCUT2D eigenvalue weighted by Crippen LogP contribution is 2.02. The zero-order chi connectivity index (χ0) is 11.6. The predicted octanol–water partition coefficient (Wildman–Crippen LogP) is 0.437. The third kappa shape index (κ3) is 9.41. The maximum atomic E-state index is 10.6. The van der Waals surface area contributed by atoms with E-state index in [9.17, 15) is 9.59 Å². The molecule has 2 rings (SSSR count). The Labute approximate surface area is 119 Å². The van der Waals surface area contributed by atoms with E-state index in [0.717, 1.165) is 51.6 Å². The minimum atomic E-state index is 0. The van der Waals surface area contributed by atoms with Gasteiger partial charge in [-0.3, -0.25) is 9.59 Å². The van der Waals surface area contributed by atoms with E-state index in [1.54, 1.807) is 0 Å². The highest BCUT2D eigenvalue weighted by atomic mass is 24.3. The zero-order valence-corrected chi connectivity index (χ0v) is 9.89. The highest BCUT2D eigenvalue weighted by molar-refractivity contribution is 5.76. The number of amides is 2. The molecule has 2 amide bonds. The first-order valence-electron chi connectivity index (χ1n) is 6.32. The van der Waals surface area contributed by atoms with Crippen LogP contribution >= 0.6 is 0 Å². The van der Waals surface area contributed by atoms with Gasteiger partial charge in [-0.25, -0.2) is 0 Å². The van der Waals surface area contributed by atoms with Gasteiger partial charge >= 0.3 is 23.1 Å². The third-order valence-corrected chi connectivity index (χ3v) is 2.81. The maximum Gasteiger partial charge on any atom is 0.316 e. The summed E-state index contributed by atoms with van der Waals surface area (Å²) in [6.07, 6.45) is 8.35. The van der Waals surface area contributed by atoms with Gasteiger partial charge in [0.05, 0.1) is 0 Å². The summed E-state index contributed by atoms with van der Waals surface area (Å²) in [6, 6.07) is 0. The number of carbonyl (C=O) groups is 2. The van der Waals surface area contributed by atoms with Crippen molar-refractivity contribution in [3.63, 3.8) is 0 Å². The third-order valence-electron chi connectivity index (χ3n) is 2.81. The Kier molecular flexibility index (Phi) is 10.6. The van der Waals surface area contributed by atoms with Crippen molar-refractivity contribution in [2.24, 2.45) is 0 Å². The molecule has 0 unspecified atom stereocenters. The molecule has 2 heterocycles. The van der Waals surface area contributed by atoms with E-state index in [2.05, 4.69) is 10.6 Å². The molecule has 2 saturated heterocycles. The molecular weight excluding hydrogens is 228 g/mol. The van der Waals surface area contributed by atoms with Crippen molar-refractivity contribution in [1.29, 1.82) is 0 Å². The van der Waals surface area contributed by atoms with Crippen molar-refractivity contribution in [3.8, 4) is 0 Å². The van der Waals surface area contributed by atoms with Crippen molar-refractivity contribution >= 4 is 34.9 Å². The number of carbonyl (C=O) groups excluding carboxylic acids is 2. The summed E-state index contributed by atoms with van der Waals surface area (Å²) in [5, 5.41) is 5.61. The van der Waals surface area contributed by atoms with Crippen molar-refractivity contribution < 1.29 is 9.59 Å². The average molecular weight is 253 g/mol. The zero-order valence-electron chi connectivity index (χ0n) is 9.89. The van der Waals surface area contributed by atoms with E-state index < -0.39 is 0 Å². The summed E-state index contributed by atoms with van der Waals surface area (Å²) >= 11 is 0. The van der Waals surface area contributed by atoms with E-state index in [1.165, 1.54) is 12.8 Å². The van der Waals surface area contributed by atoms with Crippen LogP contribution in [0.15, 0.2) is 0 Å². The van der Waals surface area contributed by atoms with E-state index in [4.69, 9.17) is 0 Å². The van der Waals surface area contributed by atoms with Crippen LogP contribution in [0.1, 0.15) is 51.4 Å². The molecule has 0 aromatic heterocycles. The second-order valence-corrected chi connectivity index (χ2v) is 4.32. The summed E-state index contributed by atoms with van der Waals surface area (Å²) in [5.41, 5.74) is 0. The smallest absolute Gasteiger partial charge is 0.316 e. The van der Waals surface area contributed by atoms with Crippen molar-refractivity contribution in [1.82, 2.24) is 10.6 Å². The van der Waals surface area contributed by atoms with Crippen LogP contribution in [-0.2, 0) is 9.59 Å². The Balaban J connectivity index is 0.000000284. The lowest BCUT2D eigenvalue weighted by atomic mass is 10.2. The lowest BCUT2D eigenvalue weighted by molar-refractivity contribution is -0.121. The van der Waals surface area contributed by atoms with E-state index in [0.29, 0.717) is 0 Å². The van der Waals surface area contributed by atoms with E-state index in [1.807, 2.05) is 0 Å². The summed E-state index contributed by atoms with van der Waals surface area (Å²) in [5.74, 6) is 0.449. The van der Waals surface area contributed by atoms with Crippen LogP contribution in [0.2, 0.25) is 0 Å². The molecule has 0 radical (unpaired) electrons. The summed E-state index contributed by atoms with van der Waals surface area (Å²) < 4.78 is 0. The first kappa shape index (κ1) is 16.7. The van der Waals surface area contributed by atoms with Crippen LogP contribution in [0.25, 0.3) is 0 Å². The van der Waals surface area contributed by atoms with Gasteiger partial charge < -0.3 is 10.6 Å². The molecule has 2 aliphatic heterocycles. The maximum absolute atomic E-state index is 10.6. The summed E-state index contributed by atoms with van der Waals surface area (Å²) in [4.78, 5) is 21.1. The largest absolute Gasteiger partial charge is 0.356 e. The van der Waals surface area contributed by atoms with Crippen LogP contribution in [0.4, 0.5) is 0 Å². The molecule has 2 N–H and O–H groups in total. The average Bonchev–Trinajstić information content (AvgIpc) is 2.64. The topological polar surface area (TPSA) is 58.2 Å². The normalized spacial score (nSPS) is 20.5. The number of hydrogen-bond donors (Lipinski definition) is 2. The molecule has 0 atom stereocenters. The Morgan fingerprint density at radius 1 is 0.647 bits per heavy atom. The van der Waals surface area contributed by atoms with Crippen LogP contribution in [0, 0.1) is 0 Å². The lowest BCUT2D eigenvalue weighted by Crippen LogP contribution is -2.21. The monoisotopic (exact) mass is 252 g/mol. The number of hydrogen-bond acceptors (Lipinski definition) is 2. The molecule has 17 heavy (non-hydrogen) atoms. The van der Waals surface area contributed by atoms with Crippen molar-refractivity contribution in [2.75, 3.05) is 13.1 Å². The van der Waals surface area contributed by atoms with Gasteiger partial charge in [0, 0.05) is 25.9 Å². The molecule has 5 heteroatoms. The van der Waals surface area contributed by atoms with Crippen LogP contribution < -0.4 is 10.6 Å². The minimum Gasteiger partial charge on any atom is -0.356 e. The van der Waals surface area contributed by atoms with Gasteiger partial charge in [0.15, 0.2) is 0 Å². The Bertz CT molecular complexity index is 191. The molecular formula is C12H24MgN2O2. The molecule has 96 valence electrons. The lowest BCUT2D eigenvalue weighted by Gasteiger charge is -1.93. The van der Waals surface area contributed by atoms with Gasteiger partial charge in [0.25, 0.3) is 0 Å². The van der Waals surface area contributed by atoms with E-state index >= 15 is 0 Å². The van der Waals surface area contributed by atoms with Crippen LogP contribution in [0.5, 0.6) is 0 Å². The summed E-state index contributed by atoms with van der Waals surface area (Å²) in [7, 11) is 0. The van der Waals surface area contributed by atoms with Gasteiger partial charge in [-0.2, -0.15) is 0 Å². The Morgan fingerprint density at radius 3 is 1.47 bits per heavy atom. The standard InChI is InChI=1S/2C6H11NO.Mg.2H/c2*8-6-4-2-1-3-5-7-6;;;/h2*1-5H2,(H,7,8);;;. The van der Waals surface area contributed by atoms with Crippen molar-refractivity contribution in [2.45, 2.75) is 51.4 Å². The number of rotatable bonds is 0. The SMILES string of the molecule is O=C1CCCCCN1.O=C1CCCCCN1.[MgH2]. The van der Waals surface area contributed by atoms with Gasteiger partial charge in [0.2, 0.25) is 11.8 Å². The second kappa shape index (κ2) is 10.8. The molecule has 2 fully saturated rings. The minimum absolute atomic E-state index is 0. The highest BCUT2D eigenvalue weighted by Gasteiger charge is 2.04. The molecule has 0 bridgehead atoms. The van der Waals surface area contributed by atoms with Gasteiger partial charge in [-0.1, -0.05) is 12.8 Å². The molecule has 0 aliphatic carbocycles. The fourth-order valence-electron chi connectivity index (χ4n) is 1.81. The molecule has 2 aliphatic rings. The molecule has 4 nitrogen and oxygen atoms in total. The predicted molar refractivity (Wildman–Crippen MR) is 71.5 cm³/mol. The quantitative estimate of drug-likeness (QED) is 0.615. The first-order valence-corrected chi connectivity index (χ1v) is 6.32. The van der Waals surface area contributed by atoms with Crippen molar-refractivity contribution in [3.05, 3.63) is 0 Å². The molecule has 0 aromatic rings. The fourth-order valence-corrected chi connectivity index (χ4v) is 1.81. The van der Waals surface area contributed by atoms with Gasteiger partial charge in [0.1, 0.15) is 0 Å². The number of nitrogens with one attached hydrogen (secondary N) is 2. The Morgan fingerprint density at radius 2 is 1.06 bits per heavy atom. The summed E-state index contributed by atoms with van der Waals surface area (Å²) in [6.45, 7) is 1.78. The Hall–Kier alpha value is -0.294. The van der Waals surface area contributed by atoms with Gasteiger partial charge in [-0.05, 0) is 25.7 Å². The fraction of sp³-hybridized carbons (Fsp3) is 0.833. The molecule has 0 aromatic carbocycles. The van der Waals surface area contributed by atoms with Gasteiger partial charge in [-0.15, -0.1) is 0 Å². The second-order valence-electron chi connectivity index (χ2n) is 4.32. The van der Waals surface area contributed by atoms with Crippen LogP contribution in [0.3, 0.4) is 0 Å². The van der Waals surface area contributed by atoms with Crippen LogP contribution in [-0.4, -0.2) is 48.0 Å². The molecule has 0 spiro atoms. The first-order chi connectivity index (χ1) is 7.79.